The van der Waals surface area contributed by atoms with Crippen LogP contribution >= 0.6 is 0 Å². The van der Waals surface area contributed by atoms with E-state index in [4.69, 9.17) is 10.2 Å². The van der Waals surface area contributed by atoms with Crippen LogP contribution in [-0.4, -0.2) is 26.8 Å². The van der Waals surface area contributed by atoms with Crippen molar-refractivity contribution < 1.29 is 10.2 Å². The summed E-state index contributed by atoms with van der Waals surface area (Å²) in [6.45, 7) is 0.0711. The van der Waals surface area contributed by atoms with Crippen molar-refractivity contribution in [3.05, 3.63) is 11.9 Å². The molecule has 1 aromatic rings. The van der Waals surface area contributed by atoms with E-state index in [-0.39, 0.29) is 12.6 Å². The van der Waals surface area contributed by atoms with Gasteiger partial charge in [0, 0.05) is 18.7 Å². The molecule has 0 radical (unpaired) electrons. The molecule has 3 N–H and O–H groups in total. The van der Waals surface area contributed by atoms with Crippen LogP contribution in [-0.2, 0) is 6.42 Å². The van der Waals surface area contributed by atoms with Gasteiger partial charge < -0.3 is 15.2 Å². The normalized spacial score (nSPS) is 9.89. The maximum absolute atomic E-state index is 8.63. The van der Waals surface area contributed by atoms with Crippen molar-refractivity contribution >= 4 is 0 Å². The lowest BCUT2D eigenvalue weighted by Crippen LogP contribution is -1.88. The summed E-state index contributed by atoms with van der Waals surface area (Å²) in [5, 5.41) is 17.0. The molecule has 0 bridgehead atoms. The maximum Gasteiger partial charge on any atom is 0.291 e. The van der Waals surface area contributed by atoms with Crippen molar-refractivity contribution in [1.29, 1.82) is 0 Å². The number of rotatable bonds is 2. The van der Waals surface area contributed by atoms with E-state index in [1.807, 2.05) is 0 Å². The molecule has 0 saturated heterocycles. The molecule has 4 nitrogen and oxygen atoms in total. The predicted molar refractivity (Wildman–Crippen MR) is 31.0 cm³/mol. The highest BCUT2D eigenvalue weighted by Gasteiger charge is 1.94. The minimum Gasteiger partial charge on any atom is -0.480 e. The molecule has 0 fully saturated rings. The highest BCUT2D eigenvalue weighted by molar-refractivity contribution is 5.03. The fourth-order valence-electron chi connectivity index (χ4n) is 0.595. The number of aromatic hydroxyl groups is 1. The number of aliphatic hydroxyl groups excluding tert-OH is 1. The molecule has 9 heavy (non-hydrogen) atoms. The summed E-state index contributed by atoms with van der Waals surface area (Å²) in [7, 11) is 0. The Kier molecular flexibility index (Phi) is 1.69. The van der Waals surface area contributed by atoms with Crippen molar-refractivity contribution in [2.24, 2.45) is 0 Å². The Morgan fingerprint density at radius 2 is 2.44 bits per heavy atom. The third-order valence-electron chi connectivity index (χ3n) is 0.996. The van der Waals surface area contributed by atoms with Crippen molar-refractivity contribution in [2.45, 2.75) is 6.42 Å². The van der Waals surface area contributed by atoms with Crippen LogP contribution in [0.3, 0.4) is 0 Å². The quantitative estimate of drug-likeness (QED) is 0.510. The van der Waals surface area contributed by atoms with Gasteiger partial charge in [0.05, 0.1) is 6.20 Å². The van der Waals surface area contributed by atoms with Crippen LogP contribution < -0.4 is 0 Å². The molecule has 1 aromatic heterocycles. The molecule has 0 aromatic carbocycles. The van der Waals surface area contributed by atoms with E-state index in [9.17, 15) is 0 Å². The summed E-state index contributed by atoms with van der Waals surface area (Å²) in [6, 6.07) is -0.0987. The monoisotopic (exact) mass is 128 g/mol. The lowest BCUT2D eigenvalue weighted by molar-refractivity contribution is 0.298. The van der Waals surface area contributed by atoms with Crippen LogP contribution in [0.25, 0.3) is 0 Å². The summed E-state index contributed by atoms with van der Waals surface area (Å²) in [4.78, 5) is 6.09. The highest BCUT2D eigenvalue weighted by Crippen LogP contribution is 2.01. The summed E-state index contributed by atoms with van der Waals surface area (Å²) in [5.41, 5.74) is 0.745. The van der Waals surface area contributed by atoms with Crippen LogP contribution in [0.15, 0.2) is 6.20 Å². The van der Waals surface area contributed by atoms with Gasteiger partial charge in [-0.2, -0.15) is 0 Å². The molecule has 1 rings (SSSR count). The molecule has 0 aliphatic carbocycles. The predicted octanol–water partition coefficient (Wildman–Crippen LogP) is -0.350. The number of H-pyrrole nitrogens is 1. The van der Waals surface area contributed by atoms with Gasteiger partial charge in [-0.1, -0.05) is 0 Å². The van der Waals surface area contributed by atoms with Gasteiger partial charge in [-0.25, -0.2) is 4.98 Å². The Morgan fingerprint density at radius 3 is 2.89 bits per heavy atom. The van der Waals surface area contributed by atoms with E-state index in [1.165, 1.54) is 6.20 Å². The van der Waals surface area contributed by atoms with Crippen molar-refractivity contribution in [2.75, 3.05) is 6.61 Å². The molecule has 0 atom stereocenters. The highest BCUT2D eigenvalue weighted by atomic mass is 16.3. The maximum atomic E-state index is 8.63. The number of nitrogens with one attached hydrogen (secondary N) is 1. The number of hydrogen-bond donors (Lipinski definition) is 3. The Morgan fingerprint density at radius 1 is 1.67 bits per heavy atom. The van der Waals surface area contributed by atoms with Crippen molar-refractivity contribution in [1.82, 2.24) is 9.97 Å². The number of imidazole rings is 1. The van der Waals surface area contributed by atoms with Gasteiger partial charge in [0.25, 0.3) is 6.01 Å². The fourth-order valence-corrected chi connectivity index (χ4v) is 0.595. The minimum atomic E-state index is -0.0987. The average Bonchev–Trinajstić information content (AvgIpc) is 2.17. The second-order valence-corrected chi connectivity index (χ2v) is 1.71. The van der Waals surface area contributed by atoms with Gasteiger partial charge in [0.1, 0.15) is 0 Å². The Balaban J connectivity index is 2.61. The van der Waals surface area contributed by atoms with E-state index in [2.05, 4.69) is 9.97 Å². The number of aromatic nitrogens is 2. The number of nitrogens with zero attached hydrogens (tertiary/aromatic N) is 1. The average molecular weight is 128 g/mol. The molecule has 1 heterocycles. The van der Waals surface area contributed by atoms with Gasteiger partial charge in [0.15, 0.2) is 0 Å². The van der Waals surface area contributed by atoms with Gasteiger partial charge in [-0.3, -0.25) is 0 Å². The largest absolute Gasteiger partial charge is 0.480 e. The van der Waals surface area contributed by atoms with E-state index in [1.54, 1.807) is 0 Å². The zero-order valence-electron chi connectivity index (χ0n) is 4.83. The topological polar surface area (TPSA) is 69.1 Å². The van der Waals surface area contributed by atoms with Crippen molar-refractivity contribution in [3.63, 3.8) is 0 Å². The first-order chi connectivity index (χ1) is 4.33. The first-order valence-corrected chi connectivity index (χ1v) is 2.66. The molecule has 50 valence electrons. The molecule has 4 heteroatoms. The standard InChI is InChI=1S/C5H8N2O2/c8-2-1-4-3-6-5(9)7-4/h3,8H,1-2H2,(H2,6,7,9). The lowest BCUT2D eigenvalue weighted by Gasteiger charge is -1.86. The van der Waals surface area contributed by atoms with E-state index in [0.29, 0.717) is 6.42 Å². The molecule has 0 amide bonds. The van der Waals surface area contributed by atoms with Gasteiger partial charge in [-0.15, -0.1) is 0 Å². The van der Waals surface area contributed by atoms with Gasteiger partial charge in [0.2, 0.25) is 0 Å². The second-order valence-electron chi connectivity index (χ2n) is 1.71. The summed E-state index contributed by atoms with van der Waals surface area (Å²) in [5.74, 6) is 0. The zero-order valence-corrected chi connectivity index (χ0v) is 4.83. The Labute approximate surface area is 52.2 Å². The zero-order chi connectivity index (χ0) is 6.69. The van der Waals surface area contributed by atoms with E-state index >= 15 is 0 Å². The molecule has 0 saturated carbocycles. The Bertz CT molecular complexity index is 185. The first-order valence-electron chi connectivity index (χ1n) is 2.66. The van der Waals surface area contributed by atoms with E-state index in [0.717, 1.165) is 5.69 Å². The summed E-state index contributed by atoms with van der Waals surface area (Å²) < 4.78 is 0. The first kappa shape index (κ1) is 6.10. The molecular weight excluding hydrogens is 120 g/mol. The minimum absolute atomic E-state index is 0.0711. The summed E-state index contributed by atoms with van der Waals surface area (Å²) >= 11 is 0. The number of aliphatic hydroxyl groups is 1. The van der Waals surface area contributed by atoms with Gasteiger partial charge >= 0.3 is 0 Å². The van der Waals surface area contributed by atoms with Crippen LogP contribution in [0.2, 0.25) is 0 Å². The third kappa shape index (κ3) is 1.43. The molecule has 0 unspecified atom stereocenters. The van der Waals surface area contributed by atoms with Crippen LogP contribution in [0.5, 0.6) is 6.01 Å². The Hall–Kier alpha value is -1.03. The van der Waals surface area contributed by atoms with Crippen LogP contribution in [0, 0.1) is 0 Å². The van der Waals surface area contributed by atoms with Crippen LogP contribution in [0.1, 0.15) is 5.69 Å². The molecule has 0 aliphatic rings. The molecule has 0 aliphatic heterocycles. The molecule has 0 spiro atoms. The second kappa shape index (κ2) is 2.50. The number of hydrogen-bond acceptors (Lipinski definition) is 3. The summed E-state index contributed by atoms with van der Waals surface area (Å²) in [6.07, 6.45) is 2.00. The van der Waals surface area contributed by atoms with Crippen LogP contribution in [0.4, 0.5) is 0 Å². The SMILES string of the molecule is OCCc1cnc(O)[nH]1. The fraction of sp³-hybridized carbons (Fsp3) is 0.400. The lowest BCUT2D eigenvalue weighted by atomic mass is 10.4. The molecular formula is C5H8N2O2. The van der Waals surface area contributed by atoms with E-state index < -0.39 is 0 Å². The smallest absolute Gasteiger partial charge is 0.291 e. The van der Waals surface area contributed by atoms with Gasteiger partial charge in [-0.05, 0) is 0 Å². The van der Waals surface area contributed by atoms with Crippen molar-refractivity contribution in [3.8, 4) is 6.01 Å². The number of aromatic amines is 1. The third-order valence-corrected chi connectivity index (χ3v) is 0.996.